The van der Waals surface area contributed by atoms with Gasteiger partial charge in [-0.3, -0.25) is 0 Å². The van der Waals surface area contributed by atoms with Crippen LogP contribution < -0.4 is 0 Å². The van der Waals surface area contributed by atoms with Crippen molar-refractivity contribution in [2.24, 2.45) is 5.41 Å². The van der Waals surface area contributed by atoms with Crippen molar-refractivity contribution in [3.63, 3.8) is 0 Å². The molecule has 13 heavy (non-hydrogen) atoms. The molecule has 0 saturated carbocycles. The van der Waals surface area contributed by atoms with Gasteiger partial charge < -0.3 is 0 Å². The van der Waals surface area contributed by atoms with Crippen LogP contribution in [0, 0.1) is 5.41 Å². The molecule has 0 saturated heterocycles. The first kappa shape index (κ1) is 10.6. The van der Waals surface area contributed by atoms with E-state index in [1.54, 1.807) is 12.4 Å². The molecule has 0 aromatic carbocycles. The minimum absolute atomic E-state index is 0.249. The lowest BCUT2D eigenvalue weighted by atomic mass is 9.90. The van der Waals surface area contributed by atoms with Crippen molar-refractivity contribution in [1.29, 1.82) is 0 Å². The Hall–Kier alpha value is -0.440. The van der Waals surface area contributed by atoms with Crippen LogP contribution in [0.4, 0.5) is 0 Å². The summed E-state index contributed by atoms with van der Waals surface area (Å²) in [7, 11) is 0. The van der Waals surface area contributed by atoms with Gasteiger partial charge >= 0.3 is 0 Å². The molecule has 0 fully saturated rings. The van der Waals surface area contributed by atoms with Crippen LogP contribution in [0.15, 0.2) is 18.5 Å². The molecule has 1 unspecified atom stereocenters. The number of halogens is 1. The quantitative estimate of drug-likeness (QED) is 0.746. The number of aromatic nitrogens is 2. The topological polar surface area (TPSA) is 25.8 Å². The molecule has 0 bridgehead atoms. The molecule has 3 heteroatoms. The molecule has 0 spiro atoms. The molecule has 2 nitrogen and oxygen atoms in total. The Morgan fingerprint density at radius 1 is 1.31 bits per heavy atom. The molecule has 0 aliphatic carbocycles. The second-order valence-corrected chi connectivity index (χ2v) is 5.31. The van der Waals surface area contributed by atoms with Crippen molar-refractivity contribution < 1.29 is 0 Å². The second-order valence-electron chi connectivity index (χ2n) is 4.20. The molecule has 0 aliphatic rings. The molecule has 72 valence electrons. The first-order valence-corrected chi connectivity index (χ1v) is 5.31. The van der Waals surface area contributed by atoms with E-state index in [0.29, 0.717) is 4.83 Å². The molecule has 0 aliphatic heterocycles. The van der Waals surface area contributed by atoms with Gasteiger partial charge in [-0.25, -0.2) is 9.97 Å². The van der Waals surface area contributed by atoms with Crippen LogP contribution in [0.3, 0.4) is 0 Å². The molecular weight excluding hydrogens is 228 g/mol. The maximum atomic E-state index is 4.19. The summed E-state index contributed by atoms with van der Waals surface area (Å²) in [6, 6.07) is 1.84. The standard InChI is InChI=1S/C10H15BrN2/c1-10(2,3)8(11)7-9-12-5-4-6-13-9/h4-6,8H,7H2,1-3H3. The summed E-state index contributed by atoms with van der Waals surface area (Å²) in [5.41, 5.74) is 0.249. The van der Waals surface area contributed by atoms with Gasteiger partial charge in [-0.05, 0) is 11.5 Å². The lowest BCUT2D eigenvalue weighted by Crippen LogP contribution is -2.23. The van der Waals surface area contributed by atoms with Gasteiger partial charge in [0.1, 0.15) is 5.82 Å². The van der Waals surface area contributed by atoms with Crippen molar-refractivity contribution in [2.75, 3.05) is 0 Å². The van der Waals surface area contributed by atoms with Gasteiger partial charge in [0.25, 0.3) is 0 Å². The summed E-state index contributed by atoms with van der Waals surface area (Å²) in [4.78, 5) is 8.80. The summed E-state index contributed by atoms with van der Waals surface area (Å²) in [6.45, 7) is 6.61. The highest BCUT2D eigenvalue weighted by atomic mass is 79.9. The van der Waals surface area contributed by atoms with Crippen molar-refractivity contribution >= 4 is 15.9 Å². The molecule has 1 aromatic heterocycles. The molecule has 0 amide bonds. The van der Waals surface area contributed by atoms with Crippen LogP contribution in [0.5, 0.6) is 0 Å². The van der Waals surface area contributed by atoms with E-state index >= 15 is 0 Å². The number of alkyl halides is 1. The van der Waals surface area contributed by atoms with E-state index in [2.05, 4.69) is 46.7 Å². The maximum Gasteiger partial charge on any atom is 0.129 e. The Bertz CT molecular complexity index is 253. The summed E-state index contributed by atoms with van der Waals surface area (Å²) >= 11 is 3.66. The Labute approximate surface area is 87.9 Å². The van der Waals surface area contributed by atoms with E-state index in [9.17, 15) is 0 Å². The van der Waals surface area contributed by atoms with E-state index < -0.39 is 0 Å². The second kappa shape index (κ2) is 4.18. The third kappa shape index (κ3) is 3.43. The molecule has 1 aromatic rings. The van der Waals surface area contributed by atoms with Gasteiger partial charge in [-0.1, -0.05) is 36.7 Å². The highest BCUT2D eigenvalue weighted by Gasteiger charge is 2.22. The zero-order valence-corrected chi connectivity index (χ0v) is 9.87. The minimum Gasteiger partial charge on any atom is -0.241 e. The predicted octanol–water partition coefficient (Wildman–Crippen LogP) is 2.83. The van der Waals surface area contributed by atoms with Crippen molar-refractivity contribution in [1.82, 2.24) is 9.97 Å². The van der Waals surface area contributed by atoms with E-state index in [-0.39, 0.29) is 5.41 Å². The minimum atomic E-state index is 0.249. The molecule has 0 N–H and O–H groups in total. The Balaban J connectivity index is 2.61. The predicted molar refractivity (Wildman–Crippen MR) is 57.9 cm³/mol. The smallest absolute Gasteiger partial charge is 0.129 e. The fourth-order valence-corrected chi connectivity index (χ4v) is 1.19. The molecule has 1 rings (SSSR count). The average molecular weight is 243 g/mol. The highest BCUT2D eigenvalue weighted by Crippen LogP contribution is 2.27. The van der Waals surface area contributed by atoms with E-state index in [1.807, 2.05) is 6.07 Å². The van der Waals surface area contributed by atoms with Crippen molar-refractivity contribution in [3.05, 3.63) is 24.3 Å². The number of hydrogen-bond acceptors (Lipinski definition) is 2. The third-order valence-electron chi connectivity index (χ3n) is 1.92. The van der Waals surface area contributed by atoms with Crippen molar-refractivity contribution in [2.45, 2.75) is 32.0 Å². The van der Waals surface area contributed by atoms with Gasteiger partial charge in [0.2, 0.25) is 0 Å². The first-order chi connectivity index (χ1) is 6.00. The first-order valence-electron chi connectivity index (χ1n) is 4.40. The fourth-order valence-electron chi connectivity index (χ4n) is 0.902. The van der Waals surface area contributed by atoms with Gasteiger partial charge in [-0.15, -0.1) is 0 Å². The van der Waals surface area contributed by atoms with Crippen LogP contribution in [0.1, 0.15) is 26.6 Å². The third-order valence-corrected chi connectivity index (χ3v) is 3.62. The van der Waals surface area contributed by atoms with E-state index in [1.165, 1.54) is 0 Å². The lowest BCUT2D eigenvalue weighted by Gasteiger charge is -2.24. The molecule has 1 heterocycles. The molecule has 1 atom stereocenters. The summed E-state index contributed by atoms with van der Waals surface area (Å²) in [6.07, 6.45) is 4.44. The van der Waals surface area contributed by atoms with Crippen LogP contribution in [-0.4, -0.2) is 14.8 Å². The summed E-state index contributed by atoms with van der Waals surface area (Å²) in [5, 5.41) is 0. The zero-order valence-electron chi connectivity index (χ0n) is 8.29. The zero-order chi connectivity index (χ0) is 9.90. The summed E-state index contributed by atoms with van der Waals surface area (Å²) < 4.78 is 0. The average Bonchev–Trinajstić information content (AvgIpc) is 2.04. The maximum absolute atomic E-state index is 4.19. The van der Waals surface area contributed by atoms with Crippen LogP contribution in [-0.2, 0) is 6.42 Å². The van der Waals surface area contributed by atoms with Crippen LogP contribution in [0.25, 0.3) is 0 Å². The monoisotopic (exact) mass is 242 g/mol. The largest absolute Gasteiger partial charge is 0.241 e. The summed E-state index contributed by atoms with van der Waals surface area (Å²) in [5.74, 6) is 0.902. The lowest BCUT2D eigenvalue weighted by molar-refractivity contribution is 0.394. The number of hydrogen-bond donors (Lipinski definition) is 0. The molecule has 0 radical (unpaired) electrons. The van der Waals surface area contributed by atoms with E-state index in [0.717, 1.165) is 12.2 Å². The van der Waals surface area contributed by atoms with Crippen LogP contribution >= 0.6 is 15.9 Å². The SMILES string of the molecule is CC(C)(C)C(Br)Cc1ncccn1. The Morgan fingerprint density at radius 3 is 2.31 bits per heavy atom. The highest BCUT2D eigenvalue weighted by molar-refractivity contribution is 9.09. The van der Waals surface area contributed by atoms with Gasteiger partial charge in [-0.2, -0.15) is 0 Å². The van der Waals surface area contributed by atoms with E-state index in [4.69, 9.17) is 0 Å². The molecular formula is C10H15BrN2. The van der Waals surface area contributed by atoms with Crippen molar-refractivity contribution in [3.8, 4) is 0 Å². The Morgan fingerprint density at radius 2 is 1.85 bits per heavy atom. The fraction of sp³-hybridized carbons (Fsp3) is 0.600. The van der Waals surface area contributed by atoms with Crippen LogP contribution in [0.2, 0.25) is 0 Å². The van der Waals surface area contributed by atoms with Gasteiger partial charge in [0.05, 0.1) is 0 Å². The number of nitrogens with zero attached hydrogens (tertiary/aromatic N) is 2. The van der Waals surface area contributed by atoms with Gasteiger partial charge in [0, 0.05) is 23.6 Å². The normalized spacial score (nSPS) is 14.2. The van der Waals surface area contributed by atoms with Gasteiger partial charge in [0.15, 0.2) is 0 Å². The number of rotatable bonds is 2. The Kier molecular flexibility index (Phi) is 3.42.